The Kier molecular flexibility index (Phi) is 9.25. The Bertz CT molecular complexity index is 1200. The Morgan fingerprint density at radius 3 is 2.26 bits per heavy atom. The summed E-state index contributed by atoms with van der Waals surface area (Å²) in [5.41, 5.74) is 0.846. The smallest absolute Gasteiger partial charge is 0.304 e. The van der Waals surface area contributed by atoms with Gasteiger partial charge >= 0.3 is 5.97 Å². The van der Waals surface area contributed by atoms with E-state index in [2.05, 4.69) is 11.8 Å². The Labute approximate surface area is 240 Å². The number of piperazine rings is 1. The van der Waals surface area contributed by atoms with Crippen molar-refractivity contribution in [3.8, 4) is 0 Å². The average Bonchev–Trinajstić information content (AvgIpc) is 2.89. The van der Waals surface area contributed by atoms with Crippen molar-refractivity contribution in [3.05, 3.63) is 69.7 Å². The summed E-state index contributed by atoms with van der Waals surface area (Å²) in [6, 6.07) is 14.8. The van der Waals surface area contributed by atoms with Gasteiger partial charge in [-0.3, -0.25) is 19.3 Å². The van der Waals surface area contributed by atoms with Crippen molar-refractivity contribution >= 4 is 41.0 Å². The van der Waals surface area contributed by atoms with Gasteiger partial charge in [0.05, 0.1) is 17.9 Å². The molecule has 210 valence electrons. The van der Waals surface area contributed by atoms with E-state index in [1.54, 1.807) is 13.8 Å². The summed E-state index contributed by atoms with van der Waals surface area (Å²) in [6.07, 6.45) is 0.838. The van der Waals surface area contributed by atoms with Crippen molar-refractivity contribution in [2.24, 2.45) is 5.41 Å². The Balaban J connectivity index is 1.78. The van der Waals surface area contributed by atoms with Gasteiger partial charge in [0.25, 0.3) is 0 Å². The van der Waals surface area contributed by atoms with Gasteiger partial charge in [-0.15, -0.1) is 0 Å². The number of amides is 2. The van der Waals surface area contributed by atoms with E-state index in [1.807, 2.05) is 58.3 Å². The van der Waals surface area contributed by atoms with Crippen LogP contribution in [0, 0.1) is 5.41 Å². The summed E-state index contributed by atoms with van der Waals surface area (Å²) in [5, 5.41) is 11.0. The lowest BCUT2D eigenvalue weighted by Crippen LogP contribution is -2.59. The van der Waals surface area contributed by atoms with Crippen LogP contribution in [-0.4, -0.2) is 76.4 Å². The molecule has 9 heteroatoms. The van der Waals surface area contributed by atoms with Gasteiger partial charge in [0.1, 0.15) is 0 Å². The van der Waals surface area contributed by atoms with Crippen molar-refractivity contribution in [2.45, 2.75) is 58.0 Å². The second kappa shape index (κ2) is 12.3. The standard InChI is InChI=1S/C30H37Cl2N3O4/c1-4-25(19-33-12-14-34(15-13-33)20(2)36)35-28(21-8-10-23(31)11-9-21)26(22-6-5-7-24(32)16-22)17-30(3,29(35)39)18-27(37)38/h5-11,16,25-26,28H,4,12-15,17-19H2,1-3H3,(H,37,38). The molecular formula is C30H37Cl2N3O4. The topological polar surface area (TPSA) is 81.2 Å². The number of rotatable bonds is 8. The van der Waals surface area contributed by atoms with E-state index >= 15 is 0 Å². The van der Waals surface area contributed by atoms with Crippen LogP contribution in [0.15, 0.2) is 48.5 Å². The molecule has 0 aromatic heterocycles. The molecule has 0 bridgehead atoms. The van der Waals surface area contributed by atoms with Gasteiger partial charge in [0.15, 0.2) is 0 Å². The monoisotopic (exact) mass is 573 g/mol. The molecule has 2 aromatic rings. The van der Waals surface area contributed by atoms with E-state index in [1.165, 1.54) is 0 Å². The van der Waals surface area contributed by atoms with E-state index in [-0.39, 0.29) is 36.2 Å². The highest BCUT2D eigenvalue weighted by Crippen LogP contribution is 2.52. The number of nitrogens with zero attached hydrogens (tertiary/aromatic N) is 3. The van der Waals surface area contributed by atoms with Gasteiger partial charge in [0.2, 0.25) is 11.8 Å². The zero-order valence-electron chi connectivity index (χ0n) is 22.8. The van der Waals surface area contributed by atoms with E-state index in [9.17, 15) is 19.5 Å². The minimum atomic E-state index is -1.08. The van der Waals surface area contributed by atoms with Crippen LogP contribution in [0.5, 0.6) is 0 Å². The first-order valence-corrected chi connectivity index (χ1v) is 14.3. The lowest BCUT2D eigenvalue weighted by Gasteiger charge is -2.52. The number of piperidine rings is 1. The van der Waals surface area contributed by atoms with Crippen LogP contribution in [0.4, 0.5) is 0 Å². The van der Waals surface area contributed by atoms with Crippen LogP contribution in [0.1, 0.15) is 63.1 Å². The van der Waals surface area contributed by atoms with Crippen molar-refractivity contribution in [1.29, 1.82) is 0 Å². The van der Waals surface area contributed by atoms with Gasteiger partial charge in [-0.25, -0.2) is 0 Å². The molecule has 39 heavy (non-hydrogen) atoms. The fourth-order valence-corrected chi connectivity index (χ4v) is 6.56. The molecule has 4 atom stereocenters. The lowest BCUT2D eigenvalue weighted by molar-refractivity contribution is -0.161. The minimum Gasteiger partial charge on any atom is -0.481 e. The number of carbonyl (C=O) groups is 3. The largest absolute Gasteiger partial charge is 0.481 e. The molecule has 0 spiro atoms. The van der Waals surface area contributed by atoms with Crippen molar-refractivity contribution < 1.29 is 19.5 Å². The number of halogens is 2. The molecule has 0 radical (unpaired) electrons. The summed E-state index contributed by atoms with van der Waals surface area (Å²) < 4.78 is 0. The number of likely N-dealkylation sites (tertiary alicyclic amines) is 1. The number of carboxylic acids is 1. The van der Waals surface area contributed by atoms with Crippen LogP contribution in [-0.2, 0) is 14.4 Å². The predicted octanol–water partition coefficient (Wildman–Crippen LogP) is 5.47. The van der Waals surface area contributed by atoms with Gasteiger partial charge in [-0.05, 0) is 48.2 Å². The molecular weight excluding hydrogens is 537 g/mol. The number of carboxylic acid groups (broad SMARTS) is 1. The third-order valence-electron chi connectivity index (χ3n) is 8.28. The van der Waals surface area contributed by atoms with E-state index in [0.29, 0.717) is 42.5 Å². The predicted molar refractivity (Wildman–Crippen MR) is 153 cm³/mol. The fourth-order valence-electron chi connectivity index (χ4n) is 6.24. The molecule has 7 nitrogen and oxygen atoms in total. The number of hydrogen-bond acceptors (Lipinski definition) is 4. The molecule has 2 aliphatic heterocycles. The maximum absolute atomic E-state index is 14.4. The molecule has 4 rings (SSSR count). The van der Waals surface area contributed by atoms with Gasteiger partial charge < -0.3 is 14.9 Å². The maximum atomic E-state index is 14.4. The molecule has 2 aliphatic rings. The normalized spacial score (nSPS) is 25.0. The molecule has 2 heterocycles. The van der Waals surface area contributed by atoms with E-state index in [4.69, 9.17) is 23.2 Å². The summed E-state index contributed by atoms with van der Waals surface area (Å²) in [4.78, 5) is 44.4. The van der Waals surface area contributed by atoms with Crippen molar-refractivity contribution in [2.75, 3.05) is 32.7 Å². The first kappa shape index (κ1) is 29.4. The number of hydrogen-bond donors (Lipinski definition) is 1. The Morgan fingerprint density at radius 1 is 1.03 bits per heavy atom. The summed E-state index contributed by atoms with van der Waals surface area (Å²) in [5.74, 6) is -1.23. The van der Waals surface area contributed by atoms with Crippen molar-refractivity contribution in [3.63, 3.8) is 0 Å². The van der Waals surface area contributed by atoms with Crippen LogP contribution >= 0.6 is 23.2 Å². The third kappa shape index (κ3) is 6.59. The molecule has 2 fully saturated rings. The summed E-state index contributed by atoms with van der Waals surface area (Å²) in [7, 11) is 0. The number of aliphatic carboxylic acids is 1. The minimum absolute atomic E-state index is 0.0736. The quantitative estimate of drug-likeness (QED) is 0.452. The molecule has 4 unspecified atom stereocenters. The summed E-state index contributed by atoms with van der Waals surface area (Å²) in [6.45, 7) is 8.85. The highest BCUT2D eigenvalue weighted by molar-refractivity contribution is 6.30. The highest BCUT2D eigenvalue weighted by atomic mass is 35.5. The summed E-state index contributed by atoms with van der Waals surface area (Å²) >= 11 is 12.7. The fraction of sp³-hybridized carbons (Fsp3) is 0.500. The lowest BCUT2D eigenvalue weighted by atomic mass is 9.67. The molecule has 0 saturated carbocycles. The SMILES string of the molecule is CCC(CN1CCN(C(C)=O)CC1)N1C(=O)C(C)(CC(=O)O)CC(c2cccc(Cl)c2)C1c1ccc(Cl)cc1. The Hall–Kier alpha value is -2.61. The van der Waals surface area contributed by atoms with Crippen LogP contribution < -0.4 is 0 Å². The zero-order chi connectivity index (χ0) is 28.3. The van der Waals surface area contributed by atoms with Crippen molar-refractivity contribution in [1.82, 2.24) is 14.7 Å². The highest BCUT2D eigenvalue weighted by Gasteiger charge is 2.52. The first-order valence-electron chi connectivity index (χ1n) is 13.6. The number of benzene rings is 2. The van der Waals surface area contributed by atoms with E-state index in [0.717, 1.165) is 24.2 Å². The zero-order valence-corrected chi connectivity index (χ0v) is 24.3. The maximum Gasteiger partial charge on any atom is 0.304 e. The van der Waals surface area contributed by atoms with Gasteiger partial charge in [0, 0.05) is 61.7 Å². The Morgan fingerprint density at radius 2 is 1.69 bits per heavy atom. The molecule has 1 N–H and O–H groups in total. The molecule has 2 amide bonds. The molecule has 2 saturated heterocycles. The number of carbonyl (C=O) groups excluding carboxylic acids is 2. The second-order valence-corrected chi connectivity index (χ2v) is 11.9. The van der Waals surface area contributed by atoms with Crippen LogP contribution in [0.2, 0.25) is 10.0 Å². The van der Waals surface area contributed by atoms with Crippen LogP contribution in [0.3, 0.4) is 0 Å². The first-order chi connectivity index (χ1) is 18.5. The average molecular weight is 575 g/mol. The van der Waals surface area contributed by atoms with Gasteiger partial charge in [-0.2, -0.15) is 0 Å². The third-order valence-corrected chi connectivity index (χ3v) is 8.77. The molecule has 0 aliphatic carbocycles. The van der Waals surface area contributed by atoms with Crippen LogP contribution in [0.25, 0.3) is 0 Å². The van der Waals surface area contributed by atoms with E-state index < -0.39 is 11.4 Å². The second-order valence-electron chi connectivity index (χ2n) is 11.1. The molecule has 2 aromatic carbocycles. The van der Waals surface area contributed by atoms with Gasteiger partial charge in [-0.1, -0.05) is 61.3 Å².